The lowest BCUT2D eigenvalue weighted by atomic mass is 10.0. The second kappa shape index (κ2) is 6.10. The van der Waals surface area contributed by atoms with E-state index in [4.69, 9.17) is 4.74 Å². The molecular formula is C16H16O4. The fraction of sp³-hybridized carbons (Fsp3) is 0.188. The molecule has 0 unspecified atom stereocenters. The second-order valence-electron chi connectivity index (χ2n) is 4.33. The van der Waals surface area contributed by atoms with Gasteiger partial charge in [-0.05, 0) is 17.7 Å². The summed E-state index contributed by atoms with van der Waals surface area (Å²) < 4.78 is 9.91. The first-order valence-electron chi connectivity index (χ1n) is 6.17. The molecule has 0 aromatic heterocycles. The Bertz CT molecular complexity index is 605. The van der Waals surface area contributed by atoms with E-state index in [1.165, 1.54) is 20.3 Å². The van der Waals surface area contributed by atoms with Crippen LogP contribution in [0.15, 0.2) is 42.5 Å². The number of aromatic hydroxyl groups is 1. The van der Waals surface area contributed by atoms with Crippen molar-refractivity contribution in [3.63, 3.8) is 0 Å². The van der Waals surface area contributed by atoms with Crippen molar-refractivity contribution in [3.05, 3.63) is 59.2 Å². The fourth-order valence-corrected chi connectivity index (χ4v) is 2.03. The van der Waals surface area contributed by atoms with E-state index < -0.39 is 5.97 Å². The monoisotopic (exact) mass is 272 g/mol. The first-order chi connectivity index (χ1) is 9.65. The average Bonchev–Trinajstić information content (AvgIpc) is 2.49. The van der Waals surface area contributed by atoms with Crippen molar-refractivity contribution < 1.29 is 19.4 Å². The third-order valence-electron chi connectivity index (χ3n) is 3.05. The summed E-state index contributed by atoms with van der Waals surface area (Å²) in [6, 6.07) is 12.7. The summed E-state index contributed by atoms with van der Waals surface area (Å²) in [5.74, 6) is -0.0206. The van der Waals surface area contributed by atoms with Gasteiger partial charge in [0.1, 0.15) is 11.5 Å². The summed E-state index contributed by atoms with van der Waals surface area (Å²) in [4.78, 5) is 11.5. The van der Waals surface area contributed by atoms with Crippen LogP contribution in [-0.2, 0) is 11.2 Å². The van der Waals surface area contributed by atoms with Gasteiger partial charge in [-0.3, -0.25) is 0 Å². The van der Waals surface area contributed by atoms with E-state index in [1.807, 2.05) is 30.3 Å². The molecule has 0 atom stereocenters. The molecule has 0 heterocycles. The van der Waals surface area contributed by atoms with E-state index in [-0.39, 0.29) is 11.3 Å². The van der Waals surface area contributed by atoms with Gasteiger partial charge in [0.25, 0.3) is 0 Å². The number of phenols is 1. The Morgan fingerprint density at radius 1 is 1.15 bits per heavy atom. The topological polar surface area (TPSA) is 55.8 Å². The van der Waals surface area contributed by atoms with Crippen molar-refractivity contribution in [3.8, 4) is 11.5 Å². The molecule has 20 heavy (non-hydrogen) atoms. The highest BCUT2D eigenvalue weighted by Crippen LogP contribution is 2.32. The van der Waals surface area contributed by atoms with Crippen molar-refractivity contribution in [1.29, 1.82) is 0 Å². The molecule has 0 saturated carbocycles. The molecule has 2 aromatic rings. The molecule has 0 bridgehead atoms. The molecule has 4 nitrogen and oxygen atoms in total. The molecule has 0 amide bonds. The average molecular weight is 272 g/mol. The molecule has 1 N–H and O–H groups in total. The standard InChI is InChI=1S/C16H16O4/c1-19-15-10-12(16(18)20-2)9-14(17)13(15)8-11-6-4-3-5-7-11/h3-7,9-10,17H,8H2,1-2H3. The van der Waals surface area contributed by atoms with E-state index in [9.17, 15) is 9.90 Å². The van der Waals surface area contributed by atoms with Gasteiger partial charge in [-0.2, -0.15) is 0 Å². The fourth-order valence-electron chi connectivity index (χ4n) is 2.03. The highest BCUT2D eigenvalue weighted by molar-refractivity contribution is 5.90. The molecular weight excluding hydrogens is 256 g/mol. The van der Waals surface area contributed by atoms with Gasteiger partial charge in [-0.15, -0.1) is 0 Å². The van der Waals surface area contributed by atoms with Gasteiger partial charge in [-0.1, -0.05) is 30.3 Å². The van der Waals surface area contributed by atoms with Gasteiger partial charge >= 0.3 is 5.97 Å². The van der Waals surface area contributed by atoms with Crippen LogP contribution in [0.5, 0.6) is 11.5 Å². The van der Waals surface area contributed by atoms with Gasteiger partial charge in [-0.25, -0.2) is 4.79 Å². The van der Waals surface area contributed by atoms with Crippen LogP contribution in [0.25, 0.3) is 0 Å². The number of benzene rings is 2. The minimum atomic E-state index is -0.509. The third-order valence-corrected chi connectivity index (χ3v) is 3.05. The van der Waals surface area contributed by atoms with Crippen molar-refractivity contribution in [1.82, 2.24) is 0 Å². The lowest BCUT2D eigenvalue weighted by Crippen LogP contribution is -2.03. The smallest absolute Gasteiger partial charge is 0.338 e. The van der Waals surface area contributed by atoms with E-state index in [2.05, 4.69) is 4.74 Å². The first-order valence-corrected chi connectivity index (χ1v) is 6.17. The Kier molecular flexibility index (Phi) is 4.25. The number of hydrogen-bond donors (Lipinski definition) is 1. The molecule has 0 aliphatic carbocycles. The van der Waals surface area contributed by atoms with Crippen LogP contribution in [-0.4, -0.2) is 25.3 Å². The zero-order valence-corrected chi connectivity index (χ0v) is 11.4. The van der Waals surface area contributed by atoms with E-state index in [0.29, 0.717) is 17.7 Å². The molecule has 0 fully saturated rings. The zero-order valence-electron chi connectivity index (χ0n) is 11.4. The molecule has 2 rings (SSSR count). The normalized spacial score (nSPS) is 10.1. The third kappa shape index (κ3) is 2.91. The number of ether oxygens (including phenoxy) is 2. The lowest BCUT2D eigenvalue weighted by Gasteiger charge is -2.12. The Morgan fingerprint density at radius 3 is 2.45 bits per heavy atom. The lowest BCUT2D eigenvalue weighted by molar-refractivity contribution is 0.0600. The van der Waals surface area contributed by atoms with Crippen LogP contribution in [0.4, 0.5) is 0 Å². The highest BCUT2D eigenvalue weighted by atomic mass is 16.5. The first kappa shape index (κ1) is 13.9. The minimum Gasteiger partial charge on any atom is -0.507 e. The van der Waals surface area contributed by atoms with Crippen LogP contribution in [0.3, 0.4) is 0 Å². The van der Waals surface area contributed by atoms with Gasteiger partial charge in [0, 0.05) is 12.0 Å². The summed E-state index contributed by atoms with van der Waals surface area (Å²) in [5.41, 5.74) is 1.96. The minimum absolute atomic E-state index is 0.0219. The summed E-state index contributed by atoms with van der Waals surface area (Å²) in [5, 5.41) is 10.1. The summed E-state index contributed by atoms with van der Waals surface area (Å²) in [7, 11) is 2.80. The molecule has 0 aliphatic heterocycles. The maximum absolute atomic E-state index is 11.5. The highest BCUT2D eigenvalue weighted by Gasteiger charge is 2.15. The Morgan fingerprint density at radius 2 is 1.85 bits per heavy atom. The van der Waals surface area contributed by atoms with Crippen molar-refractivity contribution in [2.45, 2.75) is 6.42 Å². The molecule has 0 spiro atoms. The Balaban J connectivity index is 2.40. The van der Waals surface area contributed by atoms with Crippen LogP contribution in [0.1, 0.15) is 21.5 Å². The molecule has 0 aliphatic rings. The van der Waals surface area contributed by atoms with E-state index in [1.54, 1.807) is 6.07 Å². The number of carbonyl (C=O) groups is 1. The van der Waals surface area contributed by atoms with Crippen LogP contribution >= 0.6 is 0 Å². The predicted molar refractivity (Wildman–Crippen MR) is 75.2 cm³/mol. The number of carbonyl (C=O) groups excluding carboxylic acids is 1. The van der Waals surface area contributed by atoms with Gasteiger partial charge in [0.15, 0.2) is 0 Å². The Hall–Kier alpha value is -2.49. The van der Waals surface area contributed by atoms with Crippen LogP contribution < -0.4 is 4.74 Å². The van der Waals surface area contributed by atoms with Gasteiger partial charge in [0.05, 0.1) is 19.8 Å². The second-order valence-corrected chi connectivity index (χ2v) is 4.33. The number of esters is 1. The van der Waals surface area contributed by atoms with Crippen LogP contribution in [0, 0.1) is 0 Å². The number of methoxy groups -OCH3 is 2. The predicted octanol–water partition coefficient (Wildman–Crippen LogP) is 2.78. The van der Waals surface area contributed by atoms with Gasteiger partial charge in [0.2, 0.25) is 0 Å². The maximum Gasteiger partial charge on any atom is 0.338 e. The molecule has 104 valence electrons. The summed E-state index contributed by atoms with van der Waals surface area (Å²) in [6.45, 7) is 0. The summed E-state index contributed by atoms with van der Waals surface area (Å²) >= 11 is 0. The molecule has 0 saturated heterocycles. The van der Waals surface area contributed by atoms with Crippen molar-refractivity contribution >= 4 is 5.97 Å². The van der Waals surface area contributed by atoms with E-state index >= 15 is 0 Å². The van der Waals surface area contributed by atoms with E-state index in [0.717, 1.165) is 5.56 Å². The van der Waals surface area contributed by atoms with Crippen molar-refractivity contribution in [2.24, 2.45) is 0 Å². The quantitative estimate of drug-likeness (QED) is 0.869. The molecule has 0 radical (unpaired) electrons. The van der Waals surface area contributed by atoms with Gasteiger partial charge < -0.3 is 14.6 Å². The Labute approximate surface area is 117 Å². The maximum atomic E-state index is 11.5. The van der Waals surface area contributed by atoms with Crippen LogP contribution in [0.2, 0.25) is 0 Å². The number of hydrogen-bond acceptors (Lipinski definition) is 4. The summed E-state index contributed by atoms with van der Waals surface area (Å²) in [6.07, 6.45) is 0.525. The number of rotatable bonds is 4. The largest absolute Gasteiger partial charge is 0.507 e. The zero-order chi connectivity index (χ0) is 14.5. The van der Waals surface area contributed by atoms with Crippen molar-refractivity contribution in [2.75, 3.05) is 14.2 Å². The molecule has 4 heteroatoms. The SMILES string of the molecule is COC(=O)c1cc(O)c(Cc2ccccc2)c(OC)c1. The molecule has 2 aromatic carbocycles. The number of phenolic OH excluding ortho intramolecular Hbond substituents is 1.